The normalized spacial score (nSPS) is 12.7. The molecule has 0 bridgehead atoms. The van der Waals surface area contributed by atoms with Gasteiger partial charge in [0.05, 0.1) is 23.2 Å². The van der Waals surface area contributed by atoms with E-state index in [1.165, 1.54) is 0 Å². The standard InChI is InChI=1S/C38H37N5O5/c1-41(36(46)29-10-4-2-5-11-29)31-19-20-33-32(26-31)39-38(43(33)24-9-23-42-22-8-14-34(42)44)40-35(45)28-17-15-27(16-18-28)21-25-48-37(47)30-12-6-3-7-13-30/h2-7,10-13,15-20,26H,8-9,14,21-25H2,1H3,(H,39,40,45). The SMILES string of the molecule is CN(C(=O)c1ccccc1)c1ccc2c(c1)nc(NC(=O)c1ccc(CCOC(=O)c3ccccc3)cc1)n2CCCN1CCCC1=O. The molecule has 1 fully saturated rings. The van der Waals surface area contributed by atoms with E-state index in [0.29, 0.717) is 66.2 Å². The number of anilines is 2. The van der Waals surface area contributed by atoms with E-state index in [2.05, 4.69) is 5.32 Å². The molecule has 1 aliphatic heterocycles. The smallest absolute Gasteiger partial charge is 0.338 e. The number of carbonyl (C=O) groups excluding carboxylic acids is 4. The van der Waals surface area contributed by atoms with Crippen molar-refractivity contribution in [2.45, 2.75) is 32.2 Å². The summed E-state index contributed by atoms with van der Waals surface area (Å²) in [7, 11) is 1.72. The van der Waals surface area contributed by atoms with Gasteiger partial charge in [-0.25, -0.2) is 9.78 Å². The molecule has 0 atom stereocenters. The van der Waals surface area contributed by atoms with E-state index in [9.17, 15) is 19.2 Å². The van der Waals surface area contributed by atoms with Crippen LogP contribution < -0.4 is 10.2 Å². The van der Waals surface area contributed by atoms with Crippen molar-refractivity contribution < 1.29 is 23.9 Å². The average molecular weight is 644 g/mol. The van der Waals surface area contributed by atoms with Gasteiger partial charge in [-0.15, -0.1) is 0 Å². The van der Waals surface area contributed by atoms with Crippen molar-refractivity contribution in [2.75, 3.05) is 37.0 Å². The number of fused-ring (bicyclic) bond motifs is 1. The fourth-order valence-corrected chi connectivity index (χ4v) is 5.82. The molecule has 3 amide bonds. The van der Waals surface area contributed by atoms with Gasteiger partial charge in [0.1, 0.15) is 0 Å². The van der Waals surface area contributed by atoms with Gasteiger partial charge >= 0.3 is 5.97 Å². The number of nitrogens with zero attached hydrogens (tertiary/aromatic N) is 4. The first-order chi connectivity index (χ1) is 23.4. The molecule has 4 aromatic carbocycles. The maximum Gasteiger partial charge on any atom is 0.338 e. The van der Waals surface area contributed by atoms with Crippen molar-refractivity contribution in [3.63, 3.8) is 0 Å². The van der Waals surface area contributed by atoms with Gasteiger partial charge in [0.25, 0.3) is 11.8 Å². The maximum atomic E-state index is 13.4. The first-order valence-electron chi connectivity index (χ1n) is 16.1. The predicted octanol–water partition coefficient (Wildman–Crippen LogP) is 5.98. The van der Waals surface area contributed by atoms with Crippen molar-refractivity contribution in [3.05, 3.63) is 125 Å². The summed E-state index contributed by atoms with van der Waals surface area (Å²) in [6.45, 7) is 2.15. The van der Waals surface area contributed by atoms with Gasteiger partial charge in [0.15, 0.2) is 0 Å². The number of aromatic nitrogens is 2. The number of amides is 3. The van der Waals surface area contributed by atoms with E-state index in [1.807, 2.05) is 64.1 Å². The van der Waals surface area contributed by atoms with Gasteiger partial charge in [-0.3, -0.25) is 19.7 Å². The van der Waals surface area contributed by atoms with Crippen molar-refractivity contribution in [1.82, 2.24) is 14.5 Å². The van der Waals surface area contributed by atoms with Crippen LogP contribution in [0, 0.1) is 0 Å². The molecule has 6 rings (SSSR count). The van der Waals surface area contributed by atoms with Gasteiger partial charge in [-0.05, 0) is 73.0 Å². The average Bonchev–Trinajstić information content (AvgIpc) is 3.69. The number of carbonyl (C=O) groups is 4. The Morgan fingerprint density at radius 1 is 0.854 bits per heavy atom. The second kappa shape index (κ2) is 14.8. The summed E-state index contributed by atoms with van der Waals surface area (Å²) in [4.78, 5) is 59.2. The lowest BCUT2D eigenvalue weighted by atomic mass is 10.1. The number of ether oxygens (including phenoxy) is 1. The van der Waals surface area contributed by atoms with Gasteiger partial charge in [0, 0.05) is 56.3 Å². The number of hydrogen-bond acceptors (Lipinski definition) is 6. The minimum atomic E-state index is -0.372. The Morgan fingerprint density at radius 3 is 2.25 bits per heavy atom. The Bertz CT molecular complexity index is 1920. The highest BCUT2D eigenvalue weighted by atomic mass is 16.5. The fourth-order valence-electron chi connectivity index (χ4n) is 5.82. The largest absolute Gasteiger partial charge is 0.462 e. The third kappa shape index (κ3) is 7.44. The molecule has 0 unspecified atom stereocenters. The minimum absolute atomic E-state index is 0.143. The molecule has 1 aliphatic rings. The van der Waals surface area contributed by atoms with Crippen LogP contribution >= 0.6 is 0 Å². The van der Waals surface area contributed by atoms with E-state index in [1.54, 1.807) is 60.5 Å². The van der Waals surface area contributed by atoms with Crippen LogP contribution in [0.5, 0.6) is 0 Å². The Balaban J connectivity index is 1.16. The number of imidazole rings is 1. The molecule has 0 aliphatic carbocycles. The van der Waals surface area contributed by atoms with Gasteiger partial charge in [0.2, 0.25) is 11.9 Å². The number of likely N-dealkylation sites (tertiary alicyclic amines) is 1. The second-order valence-electron chi connectivity index (χ2n) is 11.7. The molecule has 1 aromatic heterocycles. The lowest BCUT2D eigenvalue weighted by molar-refractivity contribution is -0.127. The molecule has 5 aromatic rings. The van der Waals surface area contributed by atoms with Gasteiger partial charge in [-0.1, -0.05) is 48.5 Å². The zero-order chi connectivity index (χ0) is 33.5. The Hall–Kier alpha value is -5.77. The van der Waals surface area contributed by atoms with E-state index in [4.69, 9.17) is 9.72 Å². The Morgan fingerprint density at radius 2 is 1.56 bits per heavy atom. The quantitative estimate of drug-likeness (QED) is 0.168. The minimum Gasteiger partial charge on any atom is -0.462 e. The molecule has 1 N–H and O–H groups in total. The molecule has 48 heavy (non-hydrogen) atoms. The molecule has 10 nitrogen and oxygen atoms in total. The first kappa shape index (κ1) is 32.2. The zero-order valence-corrected chi connectivity index (χ0v) is 26.8. The molecule has 244 valence electrons. The van der Waals surface area contributed by atoms with Crippen LogP contribution in [0.3, 0.4) is 0 Å². The topological polar surface area (TPSA) is 114 Å². The lowest BCUT2D eigenvalue weighted by Gasteiger charge is -2.18. The monoisotopic (exact) mass is 643 g/mol. The fraction of sp³-hybridized carbons (Fsp3) is 0.237. The number of benzene rings is 4. The molecule has 0 saturated carbocycles. The summed E-state index contributed by atoms with van der Waals surface area (Å²) >= 11 is 0. The summed E-state index contributed by atoms with van der Waals surface area (Å²) < 4.78 is 7.34. The summed E-state index contributed by atoms with van der Waals surface area (Å²) in [5.41, 5.74) is 4.58. The number of aryl methyl sites for hydroxylation is 1. The number of nitrogens with one attached hydrogen (secondary N) is 1. The van der Waals surface area contributed by atoms with Crippen molar-refractivity contribution >= 4 is 46.4 Å². The van der Waals surface area contributed by atoms with Crippen LogP contribution in [0.2, 0.25) is 0 Å². The van der Waals surface area contributed by atoms with Crippen LogP contribution in [0.1, 0.15) is 55.9 Å². The lowest BCUT2D eigenvalue weighted by Crippen LogP contribution is -2.26. The predicted molar refractivity (Wildman–Crippen MR) is 184 cm³/mol. The molecule has 2 heterocycles. The molecular weight excluding hydrogens is 606 g/mol. The highest BCUT2D eigenvalue weighted by molar-refractivity contribution is 6.07. The third-order valence-electron chi connectivity index (χ3n) is 8.50. The Kier molecular flexibility index (Phi) is 9.90. The summed E-state index contributed by atoms with van der Waals surface area (Å²) in [6, 6.07) is 30.7. The van der Waals surface area contributed by atoms with Crippen LogP contribution in [-0.2, 0) is 22.5 Å². The van der Waals surface area contributed by atoms with Crippen molar-refractivity contribution in [2.24, 2.45) is 0 Å². The third-order valence-corrected chi connectivity index (χ3v) is 8.50. The van der Waals surface area contributed by atoms with Crippen LogP contribution in [0.15, 0.2) is 103 Å². The van der Waals surface area contributed by atoms with Crippen LogP contribution in [-0.4, -0.2) is 64.9 Å². The van der Waals surface area contributed by atoms with Gasteiger partial charge in [-0.2, -0.15) is 0 Å². The zero-order valence-electron chi connectivity index (χ0n) is 26.8. The molecule has 0 radical (unpaired) electrons. The Labute approximate surface area is 278 Å². The molecule has 10 heteroatoms. The maximum absolute atomic E-state index is 13.4. The summed E-state index contributed by atoms with van der Waals surface area (Å²) in [5.74, 6) is -0.277. The summed E-state index contributed by atoms with van der Waals surface area (Å²) in [5, 5.41) is 2.98. The number of rotatable bonds is 12. The van der Waals surface area contributed by atoms with E-state index in [0.717, 1.165) is 24.0 Å². The second-order valence-corrected chi connectivity index (χ2v) is 11.7. The van der Waals surface area contributed by atoms with E-state index < -0.39 is 0 Å². The van der Waals surface area contributed by atoms with Crippen LogP contribution in [0.25, 0.3) is 11.0 Å². The molecule has 0 spiro atoms. The number of esters is 1. The van der Waals surface area contributed by atoms with Crippen molar-refractivity contribution in [1.29, 1.82) is 0 Å². The molecular formula is C38H37N5O5. The summed E-state index contributed by atoms with van der Waals surface area (Å²) in [6.07, 6.45) is 2.67. The first-order valence-corrected chi connectivity index (χ1v) is 16.1. The van der Waals surface area contributed by atoms with E-state index in [-0.39, 0.29) is 30.3 Å². The molecule has 1 saturated heterocycles. The highest BCUT2D eigenvalue weighted by Gasteiger charge is 2.21. The van der Waals surface area contributed by atoms with E-state index >= 15 is 0 Å². The van der Waals surface area contributed by atoms with Crippen LogP contribution in [0.4, 0.5) is 11.6 Å². The van der Waals surface area contributed by atoms with Crippen molar-refractivity contribution in [3.8, 4) is 0 Å². The van der Waals surface area contributed by atoms with Gasteiger partial charge < -0.3 is 19.1 Å². The number of hydrogen-bond donors (Lipinski definition) is 1. The highest BCUT2D eigenvalue weighted by Crippen LogP contribution is 2.27.